The molecule has 0 unspecified atom stereocenters. The third-order valence-electron chi connectivity index (χ3n) is 3.62. The Balaban J connectivity index is 2.08. The van der Waals surface area contributed by atoms with Gasteiger partial charge in [0, 0.05) is 37.5 Å². The lowest BCUT2D eigenvalue weighted by molar-refractivity contribution is 0.0946. The molecule has 8 heteroatoms. The van der Waals surface area contributed by atoms with E-state index in [9.17, 15) is 9.90 Å². The van der Waals surface area contributed by atoms with Crippen molar-refractivity contribution in [3.63, 3.8) is 0 Å². The van der Waals surface area contributed by atoms with E-state index >= 15 is 0 Å². The molecular weight excluding hydrogens is 330 g/mol. The zero-order valence-corrected chi connectivity index (χ0v) is 14.6. The second-order valence-corrected chi connectivity index (χ2v) is 5.49. The highest BCUT2D eigenvalue weighted by Crippen LogP contribution is 2.23. The Labute approximate surface area is 145 Å². The zero-order valence-electron chi connectivity index (χ0n) is 13.8. The van der Waals surface area contributed by atoms with Gasteiger partial charge in [0.1, 0.15) is 11.4 Å². The van der Waals surface area contributed by atoms with Crippen molar-refractivity contribution in [3.8, 4) is 5.75 Å². The Morgan fingerprint density at radius 2 is 2.17 bits per heavy atom. The number of aromatic nitrogens is 2. The molecule has 128 valence electrons. The van der Waals surface area contributed by atoms with Crippen LogP contribution in [0.5, 0.6) is 5.75 Å². The second kappa shape index (κ2) is 7.83. The van der Waals surface area contributed by atoms with Crippen molar-refractivity contribution in [1.29, 1.82) is 0 Å². The maximum atomic E-state index is 12.0. The molecule has 1 aromatic heterocycles. The number of phenols is 1. The number of aryl methyl sites for hydroxylation is 1. The van der Waals surface area contributed by atoms with Crippen LogP contribution in [0, 0.1) is 0 Å². The summed E-state index contributed by atoms with van der Waals surface area (Å²) >= 11 is 5.89. The van der Waals surface area contributed by atoms with Gasteiger partial charge in [0.05, 0.1) is 17.4 Å². The highest BCUT2D eigenvalue weighted by Gasteiger charge is 2.14. The smallest absolute Gasteiger partial charge is 0.291 e. The number of amides is 1. The van der Waals surface area contributed by atoms with E-state index < -0.39 is 5.91 Å². The molecule has 1 aromatic carbocycles. The van der Waals surface area contributed by atoms with Crippen LogP contribution in [-0.4, -0.2) is 40.1 Å². The van der Waals surface area contributed by atoms with E-state index in [1.165, 1.54) is 17.1 Å². The predicted octanol–water partition coefficient (Wildman–Crippen LogP) is 2.39. The van der Waals surface area contributed by atoms with Crippen LogP contribution in [0.2, 0.25) is 5.02 Å². The molecule has 1 amide bonds. The first-order chi connectivity index (χ1) is 11.5. The number of nitrogens with zero attached hydrogens (tertiary/aromatic N) is 4. The van der Waals surface area contributed by atoms with Gasteiger partial charge in [-0.05, 0) is 26.0 Å². The molecule has 2 N–H and O–H groups in total. The average Bonchev–Trinajstić information content (AvgIpc) is 2.89. The molecule has 0 aliphatic rings. The summed E-state index contributed by atoms with van der Waals surface area (Å²) in [6.45, 7) is 5.81. The Kier molecular flexibility index (Phi) is 5.81. The molecule has 0 spiro atoms. The van der Waals surface area contributed by atoms with Crippen LogP contribution in [0.3, 0.4) is 0 Å². The predicted molar refractivity (Wildman–Crippen MR) is 94.9 cm³/mol. The molecule has 0 saturated carbocycles. The van der Waals surface area contributed by atoms with Crippen LogP contribution in [0.1, 0.15) is 29.9 Å². The summed E-state index contributed by atoms with van der Waals surface area (Å²) in [5, 5.41) is 18.1. The third-order valence-corrected chi connectivity index (χ3v) is 3.90. The number of hydrogen-bond acceptors (Lipinski definition) is 5. The lowest BCUT2D eigenvalue weighted by atomic mass is 10.2. The normalized spacial score (nSPS) is 11.0. The van der Waals surface area contributed by atoms with Gasteiger partial charge >= 0.3 is 0 Å². The molecule has 0 fully saturated rings. The summed E-state index contributed by atoms with van der Waals surface area (Å²) in [4.78, 5) is 14.1. The van der Waals surface area contributed by atoms with Gasteiger partial charge in [0.2, 0.25) is 0 Å². The van der Waals surface area contributed by atoms with Gasteiger partial charge in [-0.1, -0.05) is 11.6 Å². The number of hydrazone groups is 1. The number of benzene rings is 1. The first-order valence-corrected chi connectivity index (χ1v) is 7.94. The highest BCUT2D eigenvalue weighted by molar-refractivity contribution is 6.33. The summed E-state index contributed by atoms with van der Waals surface area (Å²) < 4.78 is 1.36. The summed E-state index contributed by atoms with van der Waals surface area (Å²) in [7, 11) is 1.61. The summed E-state index contributed by atoms with van der Waals surface area (Å²) in [5.74, 6) is -0.383. The monoisotopic (exact) mass is 349 g/mol. The number of phenolic OH excluding ortho intramolecular Hbond substituents is 1. The molecule has 0 bridgehead atoms. The summed E-state index contributed by atoms with van der Waals surface area (Å²) in [6, 6.07) is 5.32. The molecule has 0 saturated heterocycles. The number of hydrogen-bond donors (Lipinski definition) is 2. The van der Waals surface area contributed by atoms with Crippen molar-refractivity contribution in [2.45, 2.75) is 13.8 Å². The van der Waals surface area contributed by atoms with Gasteiger partial charge in [0.25, 0.3) is 5.91 Å². The first-order valence-electron chi connectivity index (χ1n) is 7.56. The number of carbonyl (C=O) groups is 1. The van der Waals surface area contributed by atoms with Crippen LogP contribution in [0.25, 0.3) is 0 Å². The maximum Gasteiger partial charge on any atom is 0.291 e. The fourth-order valence-electron chi connectivity index (χ4n) is 2.31. The maximum absolute atomic E-state index is 12.0. The lowest BCUT2D eigenvalue weighted by Gasteiger charge is -2.21. The molecule has 2 aromatic rings. The average molecular weight is 350 g/mol. The summed E-state index contributed by atoms with van der Waals surface area (Å²) in [5.41, 5.74) is 4.02. The minimum atomic E-state index is -0.476. The van der Waals surface area contributed by atoms with Gasteiger partial charge in [-0.3, -0.25) is 9.48 Å². The molecule has 0 radical (unpaired) electrons. The molecule has 2 rings (SSSR count). The zero-order chi connectivity index (χ0) is 17.7. The summed E-state index contributed by atoms with van der Waals surface area (Å²) in [6.07, 6.45) is 2.77. The van der Waals surface area contributed by atoms with Crippen LogP contribution in [0.15, 0.2) is 29.5 Å². The van der Waals surface area contributed by atoms with E-state index in [4.69, 9.17) is 11.6 Å². The second-order valence-electron chi connectivity index (χ2n) is 5.08. The van der Waals surface area contributed by atoms with Gasteiger partial charge < -0.3 is 10.0 Å². The Morgan fingerprint density at radius 1 is 1.46 bits per heavy atom. The number of nitrogens with one attached hydrogen (secondary N) is 1. The third kappa shape index (κ3) is 3.86. The van der Waals surface area contributed by atoms with Crippen molar-refractivity contribution >= 4 is 29.4 Å². The van der Waals surface area contributed by atoms with E-state index in [-0.39, 0.29) is 16.5 Å². The quantitative estimate of drug-likeness (QED) is 0.619. The lowest BCUT2D eigenvalue weighted by Crippen LogP contribution is -2.22. The van der Waals surface area contributed by atoms with Crippen molar-refractivity contribution in [1.82, 2.24) is 15.2 Å². The number of carbonyl (C=O) groups excluding carboxylic acids is 1. The number of halogens is 1. The Bertz CT molecular complexity index is 733. The number of rotatable bonds is 6. The van der Waals surface area contributed by atoms with Gasteiger partial charge in [-0.2, -0.15) is 10.2 Å². The van der Waals surface area contributed by atoms with Crippen molar-refractivity contribution in [2.75, 3.05) is 18.0 Å². The minimum absolute atomic E-state index is 0.0935. The van der Waals surface area contributed by atoms with E-state index in [1.807, 2.05) is 6.07 Å². The Morgan fingerprint density at radius 3 is 2.71 bits per heavy atom. The minimum Gasteiger partial charge on any atom is -0.507 e. The van der Waals surface area contributed by atoms with Crippen LogP contribution < -0.4 is 10.3 Å². The topological polar surface area (TPSA) is 82.8 Å². The molecule has 0 atom stereocenters. The van der Waals surface area contributed by atoms with Crippen molar-refractivity contribution in [3.05, 3.63) is 40.7 Å². The fourth-order valence-corrected chi connectivity index (χ4v) is 2.56. The van der Waals surface area contributed by atoms with Crippen LogP contribution >= 0.6 is 11.6 Å². The first kappa shape index (κ1) is 17.8. The number of anilines is 1. The van der Waals surface area contributed by atoms with Crippen LogP contribution in [0.4, 0.5) is 5.69 Å². The molecule has 1 heterocycles. The van der Waals surface area contributed by atoms with Crippen molar-refractivity contribution in [2.24, 2.45) is 12.1 Å². The highest BCUT2D eigenvalue weighted by atomic mass is 35.5. The number of aromatic hydroxyl groups is 1. The molecule has 0 aliphatic carbocycles. The Hall–Kier alpha value is -2.54. The van der Waals surface area contributed by atoms with Crippen molar-refractivity contribution < 1.29 is 9.90 Å². The molecule has 0 aliphatic heterocycles. The fraction of sp³-hybridized carbons (Fsp3) is 0.312. The largest absolute Gasteiger partial charge is 0.507 e. The molecule has 24 heavy (non-hydrogen) atoms. The van der Waals surface area contributed by atoms with E-state index in [2.05, 4.69) is 34.4 Å². The van der Waals surface area contributed by atoms with E-state index in [1.54, 1.807) is 19.2 Å². The molecular formula is C16H20ClN5O2. The van der Waals surface area contributed by atoms with Gasteiger partial charge in [-0.15, -0.1) is 0 Å². The van der Waals surface area contributed by atoms with E-state index in [0.29, 0.717) is 5.56 Å². The standard InChI is InChI=1S/C16H20ClN5O2/c1-4-22(5-2)12-7-6-11(14(23)8-12)9-18-20-16(24)15-13(17)10-19-21(15)3/h6-10,23H,4-5H2,1-3H3,(H,20,24)/b18-9+. The molecule has 7 nitrogen and oxygen atoms in total. The van der Waals surface area contributed by atoms with Gasteiger partial charge in [0.15, 0.2) is 0 Å². The van der Waals surface area contributed by atoms with Gasteiger partial charge in [-0.25, -0.2) is 5.43 Å². The van der Waals surface area contributed by atoms with Crippen LogP contribution in [-0.2, 0) is 7.05 Å². The van der Waals surface area contributed by atoms with E-state index in [0.717, 1.165) is 18.8 Å². The SMILES string of the molecule is CCN(CC)c1ccc(/C=N/NC(=O)c2c(Cl)cnn2C)c(O)c1.